The predicted octanol–water partition coefficient (Wildman–Crippen LogP) is 1.72. The molecule has 0 aliphatic carbocycles. The molecule has 0 spiro atoms. The van der Waals surface area contributed by atoms with Gasteiger partial charge in [0.15, 0.2) is 17.3 Å². The Kier molecular flexibility index (Phi) is 3.66. The highest BCUT2D eigenvalue weighted by atomic mass is 16.5. The molecule has 0 saturated carbocycles. The van der Waals surface area contributed by atoms with Crippen molar-refractivity contribution in [2.75, 3.05) is 26.6 Å². The van der Waals surface area contributed by atoms with E-state index in [1.807, 2.05) is 18.2 Å². The molecule has 0 saturated heterocycles. The van der Waals surface area contributed by atoms with Crippen LogP contribution < -0.4 is 14.8 Å². The van der Waals surface area contributed by atoms with Crippen LogP contribution in [0.2, 0.25) is 0 Å². The van der Waals surface area contributed by atoms with Gasteiger partial charge in [0, 0.05) is 13.5 Å². The van der Waals surface area contributed by atoms with Crippen LogP contribution in [-0.2, 0) is 6.42 Å². The van der Waals surface area contributed by atoms with E-state index in [4.69, 9.17) is 14.0 Å². The van der Waals surface area contributed by atoms with Crippen LogP contribution in [0.4, 0.5) is 6.01 Å². The van der Waals surface area contributed by atoms with Crippen LogP contribution >= 0.6 is 0 Å². The van der Waals surface area contributed by atoms with E-state index in [1.54, 1.807) is 21.3 Å². The van der Waals surface area contributed by atoms with E-state index in [0.717, 1.165) is 5.56 Å². The van der Waals surface area contributed by atoms with Gasteiger partial charge in [0.1, 0.15) is 0 Å². The molecule has 0 radical (unpaired) electrons. The van der Waals surface area contributed by atoms with Gasteiger partial charge in [0.25, 0.3) is 0 Å². The van der Waals surface area contributed by atoms with E-state index < -0.39 is 0 Å². The molecule has 96 valence electrons. The predicted molar refractivity (Wildman–Crippen MR) is 66.2 cm³/mol. The molecule has 6 heteroatoms. The van der Waals surface area contributed by atoms with E-state index in [-0.39, 0.29) is 0 Å². The van der Waals surface area contributed by atoms with Crippen molar-refractivity contribution in [2.45, 2.75) is 6.42 Å². The lowest BCUT2D eigenvalue weighted by molar-refractivity contribution is 0.354. The Bertz CT molecular complexity index is 525. The zero-order valence-corrected chi connectivity index (χ0v) is 10.6. The second-order valence-electron chi connectivity index (χ2n) is 3.63. The van der Waals surface area contributed by atoms with Crippen molar-refractivity contribution in [2.24, 2.45) is 0 Å². The van der Waals surface area contributed by atoms with Gasteiger partial charge in [-0.2, -0.15) is 4.98 Å². The minimum Gasteiger partial charge on any atom is -0.493 e. The third kappa shape index (κ3) is 2.53. The highest BCUT2D eigenvalue weighted by Gasteiger charge is 2.08. The molecule has 0 fully saturated rings. The number of hydrogen-bond donors (Lipinski definition) is 1. The summed E-state index contributed by atoms with van der Waals surface area (Å²) in [7, 11) is 4.94. The van der Waals surface area contributed by atoms with Gasteiger partial charge >= 0.3 is 6.01 Å². The zero-order chi connectivity index (χ0) is 13.0. The van der Waals surface area contributed by atoms with Gasteiger partial charge in [0.2, 0.25) is 0 Å². The number of rotatable bonds is 5. The Labute approximate surface area is 105 Å². The quantitative estimate of drug-likeness (QED) is 0.870. The van der Waals surface area contributed by atoms with Gasteiger partial charge in [-0.25, -0.2) is 0 Å². The van der Waals surface area contributed by atoms with Gasteiger partial charge in [0.05, 0.1) is 14.2 Å². The molecule has 1 aromatic heterocycles. The normalized spacial score (nSPS) is 10.2. The first-order valence-corrected chi connectivity index (χ1v) is 5.48. The van der Waals surface area contributed by atoms with E-state index >= 15 is 0 Å². The molecule has 0 atom stereocenters. The number of nitrogens with zero attached hydrogens (tertiary/aromatic N) is 2. The molecule has 2 aromatic rings. The fourth-order valence-corrected chi connectivity index (χ4v) is 1.60. The molecule has 0 unspecified atom stereocenters. The van der Waals surface area contributed by atoms with Gasteiger partial charge in [-0.3, -0.25) is 0 Å². The fraction of sp³-hybridized carbons (Fsp3) is 0.333. The number of anilines is 1. The number of benzene rings is 1. The maximum atomic E-state index is 5.24. The largest absolute Gasteiger partial charge is 0.493 e. The van der Waals surface area contributed by atoms with Crippen molar-refractivity contribution in [3.63, 3.8) is 0 Å². The minimum absolute atomic E-state index is 0.408. The maximum Gasteiger partial charge on any atom is 0.321 e. The Balaban J connectivity index is 2.18. The molecule has 6 nitrogen and oxygen atoms in total. The van der Waals surface area contributed by atoms with Gasteiger partial charge in [-0.1, -0.05) is 11.2 Å². The van der Waals surface area contributed by atoms with Crippen LogP contribution in [0.25, 0.3) is 0 Å². The first-order valence-electron chi connectivity index (χ1n) is 5.48. The number of hydrogen-bond acceptors (Lipinski definition) is 6. The lowest BCUT2D eigenvalue weighted by atomic mass is 10.1. The van der Waals surface area contributed by atoms with Crippen LogP contribution in [0.1, 0.15) is 11.4 Å². The van der Waals surface area contributed by atoms with Crippen molar-refractivity contribution in [1.29, 1.82) is 0 Å². The first-order chi connectivity index (χ1) is 8.76. The molecular formula is C12H15N3O3. The summed E-state index contributed by atoms with van der Waals surface area (Å²) < 4.78 is 15.4. The standard InChI is InChI=1S/C12H15N3O3/c1-13-12-14-11(15-18-12)7-8-4-5-9(16-2)10(6-8)17-3/h4-6H,7H2,1-3H3,(H,13,14,15). The van der Waals surface area contributed by atoms with Crippen molar-refractivity contribution < 1.29 is 14.0 Å². The lowest BCUT2D eigenvalue weighted by Gasteiger charge is -2.08. The Morgan fingerprint density at radius 3 is 2.61 bits per heavy atom. The summed E-state index contributed by atoms with van der Waals surface area (Å²) in [6, 6.07) is 6.10. The van der Waals surface area contributed by atoms with Crippen molar-refractivity contribution in [3.8, 4) is 11.5 Å². The summed E-state index contributed by atoms with van der Waals surface area (Å²) in [6.07, 6.45) is 0.575. The van der Waals surface area contributed by atoms with E-state index in [9.17, 15) is 0 Å². The van der Waals surface area contributed by atoms with Crippen molar-refractivity contribution >= 4 is 6.01 Å². The smallest absolute Gasteiger partial charge is 0.321 e. The van der Waals surface area contributed by atoms with Crippen LogP contribution in [0.5, 0.6) is 11.5 Å². The van der Waals surface area contributed by atoms with Gasteiger partial charge in [-0.05, 0) is 17.7 Å². The Hall–Kier alpha value is -2.24. The highest BCUT2D eigenvalue weighted by Crippen LogP contribution is 2.28. The SMILES string of the molecule is CNc1nc(Cc2ccc(OC)c(OC)c2)no1. The molecule has 1 aromatic carbocycles. The van der Waals surface area contributed by atoms with Crippen LogP contribution in [0.15, 0.2) is 22.7 Å². The Morgan fingerprint density at radius 2 is 2.00 bits per heavy atom. The molecule has 1 heterocycles. The summed E-state index contributed by atoms with van der Waals surface area (Å²) in [5.41, 5.74) is 1.02. The van der Waals surface area contributed by atoms with E-state index in [0.29, 0.717) is 29.8 Å². The minimum atomic E-state index is 0.408. The molecule has 0 aliphatic heterocycles. The average Bonchev–Trinajstić information content (AvgIpc) is 2.86. The van der Waals surface area contributed by atoms with E-state index in [2.05, 4.69) is 15.5 Å². The molecule has 0 amide bonds. The third-order valence-corrected chi connectivity index (χ3v) is 2.49. The topological polar surface area (TPSA) is 69.4 Å². The summed E-state index contributed by atoms with van der Waals surface area (Å²) >= 11 is 0. The van der Waals surface area contributed by atoms with Gasteiger partial charge in [-0.15, -0.1) is 0 Å². The molecule has 2 rings (SSSR count). The van der Waals surface area contributed by atoms with Gasteiger partial charge < -0.3 is 19.3 Å². The number of methoxy groups -OCH3 is 2. The summed E-state index contributed by atoms with van der Waals surface area (Å²) in [5, 5.41) is 6.65. The molecule has 0 aliphatic rings. The van der Waals surface area contributed by atoms with Crippen LogP contribution in [0, 0.1) is 0 Å². The molecule has 18 heavy (non-hydrogen) atoms. The van der Waals surface area contributed by atoms with Crippen molar-refractivity contribution in [1.82, 2.24) is 10.1 Å². The first kappa shape index (κ1) is 12.2. The monoisotopic (exact) mass is 249 g/mol. The van der Waals surface area contributed by atoms with Crippen LogP contribution in [0.3, 0.4) is 0 Å². The Morgan fingerprint density at radius 1 is 1.22 bits per heavy atom. The number of nitrogens with one attached hydrogen (secondary N) is 1. The summed E-state index contributed by atoms with van der Waals surface area (Å²) in [6.45, 7) is 0. The third-order valence-electron chi connectivity index (χ3n) is 2.49. The number of ether oxygens (including phenoxy) is 2. The maximum absolute atomic E-state index is 5.24. The zero-order valence-electron chi connectivity index (χ0n) is 10.6. The summed E-state index contributed by atoms with van der Waals surface area (Å²) in [5.74, 6) is 2.00. The summed E-state index contributed by atoms with van der Waals surface area (Å²) in [4.78, 5) is 4.16. The molecule has 0 bridgehead atoms. The number of aromatic nitrogens is 2. The molecule has 1 N–H and O–H groups in total. The average molecular weight is 249 g/mol. The molecular weight excluding hydrogens is 234 g/mol. The lowest BCUT2D eigenvalue weighted by Crippen LogP contribution is -1.95. The second-order valence-corrected chi connectivity index (χ2v) is 3.63. The van der Waals surface area contributed by atoms with E-state index in [1.165, 1.54) is 0 Å². The van der Waals surface area contributed by atoms with Crippen LogP contribution in [-0.4, -0.2) is 31.4 Å². The van der Waals surface area contributed by atoms with Crippen molar-refractivity contribution in [3.05, 3.63) is 29.6 Å². The highest BCUT2D eigenvalue weighted by molar-refractivity contribution is 5.43. The second kappa shape index (κ2) is 5.39. The fourth-order valence-electron chi connectivity index (χ4n) is 1.60.